The summed E-state index contributed by atoms with van der Waals surface area (Å²) in [5, 5.41) is 0. The van der Waals surface area contributed by atoms with Gasteiger partial charge in [0.2, 0.25) is 11.8 Å². The maximum atomic E-state index is 12.6. The molecule has 1 aromatic carbocycles. The highest BCUT2D eigenvalue weighted by atomic mass is 35.5. The van der Waals surface area contributed by atoms with Crippen LogP contribution in [0.4, 0.5) is 0 Å². The predicted octanol–water partition coefficient (Wildman–Crippen LogP) is 2.96. The van der Waals surface area contributed by atoms with Gasteiger partial charge in [-0.3, -0.25) is 9.69 Å². The maximum absolute atomic E-state index is 12.6. The highest BCUT2D eigenvalue weighted by molar-refractivity contribution is 5.85. The lowest BCUT2D eigenvalue weighted by atomic mass is 10.1. The predicted molar refractivity (Wildman–Crippen MR) is 114 cm³/mol. The van der Waals surface area contributed by atoms with E-state index in [1.807, 2.05) is 35.2 Å². The van der Waals surface area contributed by atoms with Crippen molar-refractivity contribution >= 4 is 30.7 Å². The van der Waals surface area contributed by atoms with Crippen LogP contribution in [0, 0.1) is 5.92 Å². The van der Waals surface area contributed by atoms with Crippen LogP contribution in [0.15, 0.2) is 40.9 Å². The Balaban J connectivity index is 0.00000140. The van der Waals surface area contributed by atoms with Gasteiger partial charge >= 0.3 is 0 Å². The second-order valence-corrected chi connectivity index (χ2v) is 7.36. The Labute approximate surface area is 178 Å². The Morgan fingerprint density at radius 3 is 2.46 bits per heavy atom. The van der Waals surface area contributed by atoms with E-state index in [1.54, 1.807) is 6.20 Å². The normalized spacial score (nSPS) is 22.4. The molecule has 0 spiro atoms. The minimum absolute atomic E-state index is 0. The number of carbonyl (C=O) groups excluding carboxylic acids is 1. The Kier molecular flexibility index (Phi) is 8.31. The van der Waals surface area contributed by atoms with E-state index in [9.17, 15) is 4.79 Å². The topological polar surface area (TPSA) is 75.6 Å². The summed E-state index contributed by atoms with van der Waals surface area (Å²) in [6, 6.07) is 10.2. The number of halogens is 2. The van der Waals surface area contributed by atoms with Gasteiger partial charge in [-0.1, -0.05) is 30.3 Å². The van der Waals surface area contributed by atoms with Crippen molar-refractivity contribution in [2.75, 3.05) is 26.2 Å². The number of benzene rings is 1. The number of piperazine rings is 1. The Bertz CT molecular complexity index is 748. The Hall–Kier alpha value is -1.60. The summed E-state index contributed by atoms with van der Waals surface area (Å²) in [7, 11) is 0. The zero-order valence-corrected chi connectivity index (χ0v) is 17.5. The van der Waals surface area contributed by atoms with Gasteiger partial charge in [-0.05, 0) is 19.3 Å². The molecule has 2 N–H and O–H groups in total. The van der Waals surface area contributed by atoms with E-state index in [2.05, 4.69) is 9.88 Å². The molecule has 28 heavy (non-hydrogen) atoms. The average Bonchev–Trinajstić information content (AvgIpc) is 3.32. The van der Waals surface area contributed by atoms with E-state index < -0.39 is 0 Å². The smallest absolute Gasteiger partial charge is 0.225 e. The summed E-state index contributed by atoms with van der Waals surface area (Å²) in [6.07, 6.45) is 4.55. The number of nitrogens with two attached hydrogens (primary N) is 1. The van der Waals surface area contributed by atoms with E-state index >= 15 is 0 Å². The van der Waals surface area contributed by atoms with Crippen molar-refractivity contribution in [2.45, 2.75) is 31.8 Å². The first-order chi connectivity index (χ1) is 12.7. The van der Waals surface area contributed by atoms with Crippen LogP contribution < -0.4 is 5.73 Å². The molecule has 2 atom stereocenters. The first-order valence-corrected chi connectivity index (χ1v) is 9.46. The van der Waals surface area contributed by atoms with Gasteiger partial charge < -0.3 is 15.1 Å². The molecule has 1 aliphatic heterocycles. The summed E-state index contributed by atoms with van der Waals surface area (Å²) in [5.74, 6) is 1.95. The molecule has 1 saturated heterocycles. The van der Waals surface area contributed by atoms with Crippen LogP contribution in [0.2, 0.25) is 0 Å². The van der Waals surface area contributed by atoms with Crippen LogP contribution in [-0.2, 0) is 11.3 Å². The number of rotatable bonds is 4. The lowest BCUT2D eigenvalue weighted by Gasteiger charge is -2.35. The number of oxazole rings is 1. The SMILES string of the molecule is Cl.Cl.NC1CCC(C(=O)N2CCN(Cc3ncc(-c4ccccc4)o3)CC2)C1. The highest BCUT2D eigenvalue weighted by Gasteiger charge is 2.32. The molecule has 1 aromatic heterocycles. The van der Waals surface area contributed by atoms with Gasteiger partial charge in [0.15, 0.2) is 5.76 Å². The van der Waals surface area contributed by atoms with Gasteiger partial charge in [-0.2, -0.15) is 0 Å². The molecule has 6 nitrogen and oxygen atoms in total. The minimum Gasteiger partial charge on any atom is -0.439 e. The van der Waals surface area contributed by atoms with Crippen molar-refractivity contribution in [3.05, 3.63) is 42.4 Å². The third-order valence-corrected chi connectivity index (χ3v) is 5.48. The summed E-state index contributed by atoms with van der Waals surface area (Å²) >= 11 is 0. The number of hydrogen-bond acceptors (Lipinski definition) is 5. The molecular weight excluding hydrogens is 399 g/mol. The summed E-state index contributed by atoms with van der Waals surface area (Å²) in [6.45, 7) is 3.94. The number of carbonyl (C=O) groups is 1. The molecule has 1 amide bonds. The number of nitrogens with zero attached hydrogens (tertiary/aromatic N) is 3. The van der Waals surface area contributed by atoms with Crippen molar-refractivity contribution in [3.8, 4) is 11.3 Å². The Morgan fingerprint density at radius 1 is 1.11 bits per heavy atom. The zero-order valence-electron chi connectivity index (χ0n) is 15.8. The first kappa shape index (κ1) is 22.7. The largest absolute Gasteiger partial charge is 0.439 e. The van der Waals surface area contributed by atoms with Crippen molar-refractivity contribution in [2.24, 2.45) is 11.7 Å². The van der Waals surface area contributed by atoms with Crippen LogP contribution in [0.5, 0.6) is 0 Å². The molecule has 0 bridgehead atoms. The van der Waals surface area contributed by atoms with Crippen LogP contribution in [0.1, 0.15) is 25.2 Å². The van der Waals surface area contributed by atoms with Gasteiger partial charge in [0.1, 0.15) is 0 Å². The standard InChI is InChI=1S/C20H26N4O2.2ClH/c21-17-7-6-16(12-17)20(25)24-10-8-23(9-11-24)14-19-22-13-18(26-19)15-4-2-1-3-5-15;;/h1-5,13,16-17H,6-12,14,21H2;2*1H. The molecule has 4 rings (SSSR count). The van der Waals surface area contributed by atoms with Gasteiger partial charge in [0, 0.05) is 43.7 Å². The molecule has 8 heteroatoms. The van der Waals surface area contributed by atoms with E-state index in [-0.39, 0.29) is 36.8 Å². The van der Waals surface area contributed by atoms with Crippen molar-refractivity contribution in [3.63, 3.8) is 0 Å². The minimum atomic E-state index is 0. The van der Waals surface area contributed by atoms with E-state index in [0.717, 1.165) is 62.7 Å². The molecule has 2 aliphatic rings. The first-order valence-electron chi connectivity index (χ1n) is 9.46. The fraction of sp³-hybridized carbons (Fsp3) is 0.500. The zero-order chi connectivity index (χ0) is 17.9. The van der Waals surface area contributed by atoms with E-state index in [0.29, 0.717) is 12.5 Å². The summed E-state index contributed by atoms with van der Waals surface area (Å²) in [4.78, 5) is 21.3. The van der Waals surface area contributed by atoms with Gasteiger partial charge in [0.05, 0.1) is 12.7 Å². The van der Waals surface area contributed by atoms with Gasteiger partial charge in [-0.25, -0.2) is 4.98 Å². The van der Waals surface area contributed by atoms with Crippen molar-refractivity contribution < 1.29 is 9.21 Å². The highest BCUT2D eigenvalue weighted by Crippen LogP contribution is 2.26. The third-order valence-electron chi connectivity index (χ3n) is 5.48. The van der Waals surface area contributed by atoms with Crippen molar-refractivity contribution in [1.29, 1.82) is 0 Å². The van der Waals surface area contributed by atoms with Crippen LogP contribution >= 0.6 is 24.8 Å². The average molecular weight is 427 g/mol. The third kappa shape index (κ3) is 5.26. The van der Waals surface area contributed by atoms with Crippen LogP contribution in [0.3, 0.4) is 0 Å². The summed E-state index contributed by atoms with van der Waals surface area (Å²) in [5.41, 5.74) is 6.99. The number of aromatic nitrogens is 1. The molecule has 2 heterocycles. The second kappa shape index (κ2) is 10.3. The molecule has 1 aliphatic carbocycles. The molecular formula is C20H28Cl2N4O2. The monoisotopic (exact) mass is 426 g/mol. The fourth-order valence-electron chi connectivity index (χ4n) is 3.94. The van der Waals surface area contributed by atoms with Crippen molar-refractivity contribution in [1.82, 2.24) is 14.8 Å². The lowest BCUT2D eigenvalue weighted by Crippen LogP contribution is -2.49. The molecule has 2 fully saturated rings. The number of amides is 1. The molecule has 1 saturated carbocycles. The van der Waals surface area contributed by atoms with E-state index in [1.165, 1.54) is 0 Å². The molecule has 2 unspecified atom stereocenters. The number of hydrogen-bond donors (Lipinski definition) is 1. The molecule has 0 radical (unpaired) electrons. The quantitative estimate of drug-likeness (QED) is 0.812. The van der Waals surface area contributed by atoms with Crippen LogP contribution in [-0.4, -0.2) is 52.9 Å². The maximum Gasteiger partial charge on any atom is 0.225 e. The van der Waals surface area contributed by atoms with Crippen LogP contribution in [0.25, 0.3) is 11.3 Å². The molecule has 154 valence electrons. The second-order valence-electron chi connectivity index (χ2n) is 7.36. The van der Waals surface area contributed by atoms with Gasteiger partial charge in [0.25, 0.3) is 0 Å². The molecule has 2 aromatic rings. The lowest BCUT2D eigenvalue weighted by molar-refractivity contribution is -0.137. The van der Waals surface area contributed by atoms with Gasteiger partial charge in [-0.15, -0.1) is 24.8 Å². The summed E-state index contributed by atoms with van der Waals surface area (Å²) < 4.78 is 5.89. The fourth-order valence-corrected chi connectivity index (χ4v) is 3.94. The Morgan fingerprint density at radius 2 is 1.82 bits per heavy atom. The van der Waals surface area contributed by atoms with E-state index in [4.69, 9.17) is 10.2 Å².